The number of amides is 1. The van der Waals surface area contributed by atoms with Gasteiger partial charge in [0.1, 0.15) is 0 Å². The molecule has 1 aliphatic rings. The van der Waals surface area contributed by atoms with Gasteiger partial charge >= 0.3 is 0 Å². The lowest BCUT2D eigenvalue weighted by Gasteiger charge is -2.31. The van der Waals surface area contributed by atoms with Crippen LogP contribution >= 0.6 is 23.2 Å². The van der Waals surface area contributed by atoms with Gasteiger partial charge in [0, 0.05) is 29.7 Å². The van der Waals surface area contributed by atoms with Gasteiger partial charge in [-0.2, -0.15) is 0 Å². The minimum Gasteiger partial charge on any atom is -0.396 e. The number of carbonyl (C=O) groups is 1. The van der Waals surface area contributed by atoms with E-state index in [0.717, 1.165) is 31.5 Å². The number of aliphatic hydroxyl groups excluding tert-OH is 1. The fraction of sp³-hybridized carbons (Fsp3) is 0.500. The van der Waals surface area contributed by atoms with Crippen molar-refractivity contribution < 1.29 is 9.90 Å². The third-order valence-electron chi connectivity index (χ3n) is 3.58. The largest absolute Gasteiger partial charge is 0.396 e. The van der Waals surface area contributed by atoms with Crippen LogP contribution in [0.3, 0.4) is 0 Å². The van der Waals surface area contributed by atoms with E-state index < -0.39 is 0 Å². The van der Waals surface area contributed by atoms with Crippen molar-refractivity contribution in [1.29, 1.82) is 0 Å². The number of hydrogen-bond donors (Lipinski definition) is 1. The zero-order valence-electron chi connectivity index (χ0n) is 10.6. The summed E-state index contributed by atoms with van der Waals surface area (Å²) in [5, 5.41) is 10.2. The zero-order chi connectivity index (χ0) is 13.8. The molecule has 2 rings (SSSR count). The average Bonchev–Trinajstić information content (AvgIpc) is 2.42. The fourth-order valence-corrected chi connectivity index (χ4v) is 2.78. The maximum Gasteiger partial charge on any atom is 0.227 e. The Morgan fingerprint density at radius 1 is 1.32 bits per heavy atom. The fourth-order valence-electron chi connectivity index (χ4n) is 2.30. The van der Waals surface area contributed by atoms with E-state index in [1.807, 2.05) is 4.90 Å². The minimum absolute atomic E-state index is 0.0839. The van der Waals surface area contributed by atoms with Crippen LogP contribution in [0.5, 0.6) is 0 Å². The monoisotopic (exact) mass is 301 g/mol. The van der Waals surface area contributed by atoms with Gasteiger partial charge in [0.15, 0.2) is 0 Å². The summed E-state index contributed by atoms with van der Waals surface area (Å²) in [5.41, 5.74) is 0.806. The molecule has 104 valence electrons. The molecular formula is C14H17Cl2NO2. The maximum absolute atomic E-state index is 12.2. The van der Waals surface area contributed by atoms with E-state index in [4.69, 9.17) is 28.3 Å². The van der Waals surface area contributed by atoms with E-state index in [1.54, 1.807) is 18.2 Å². The van der Waals surface area contributed by atoms with E-state index in [9.17, 15) is 4.79 Å². The summed E-state index contributed by atoms with van der Waals surface area (Å²) in [6.45, 7) is 1.65. The molecule has 0 spiro atoms. The molecule has 3 nitrogen and oxygen atoms in total. The van der Waals surface area contributed by atoms with Gasteiger partial charge < -0.3 is 10.0 Å². The maximum atomic E-state index is 12.2. The Morgan fingerprint density at radius 3 is 2.58 bits per heavy atom. The number of halogens is 2. The van der Waals surface area contributed by atoms with Crippen molar-refractivity contribution in [3.05, 3.63) is 33.8 Å². The molecule has 0 radical (unpaired) electrons. The van der Waals surface area contributed by atoms with E-state index in [-0.39, 0.29) is 12.5 Å². The summed E-state index contributed by atoms with van der Waals surface area (Å²) < 4.78 is 0. The number of hydrogen-bond acceptors (Lipinski definition) is 2. The number of aliphatic hydroxyl groups is 1. The van der Waals surface area contributed by atoms with Crippen LogP contribution in [0.4, 0.5) is 0 Å². The summed E-state index contributed by atoms with van der Waals surface area (Å²) in [6, 6.07) is 5.20. The topological polar surface area (TPSA) is 40.5 Å². The van der Waals surface area contributed by atoms with Gasteiger partial charge in [0.25, 0.3) is 0 Å². The van der Waals surface area contributed by atoms with Crippen LogP contribution in [0.1, 0.15) is 18.4 Å². The molecule has 1 heterocycles. The highest BCUT2D eigenvalue weighted by Crippen LogP contribution is 2.23. The molecule has 0 atom stereocenters. The van der Waals surface area contributed by atoms with Crippen LogP contribution in [0, 0.1) is 5.92 Å². The van der Waals surface area contributed by atoms with Gasteiger partial charge in [0.05, 0.1) is 6.42 Å². The van der Waals surface area contributed by atoms with E-state index in [0.29, 0.717) is 22.4 Å². The predicted octanol–water partition coefficient (Wildman–Crippen LogP) is 2.77. The summed E-state index contributed by atoms with van der Waals surface area (Å²) in [5.74, 6) is 0.420. The lowest BCUT2D eigenvalue weighted by Crippen LogP contribution is -2.40. The van der Waals surface area contributed by atoms with Crippen LogP contribution in [-0.4, -0.2) is 35.6 Å². The SMILES string of the molecule is O=C(Cc1ccc(Cl)cc1Cl)N1CCC(CO)CC1. The second kappa shape index (κ2) is 6.60. The number of nitrogens with zero attached hydrogens (tertiary/aromatic N) is 1. The molecule has 1 amide bonds. The van der Waals surface area contributed by atoms with Crippen LogP contribution in [0.2, 0.25) is 10.0 Å². The van der Waals surface area contributed by atoms with Crippen LogP contribution in [-0.2, 0) is 11.2 Å². The van der Waals surface area contributed by atoms with Gasteiger partial charge in [-0.1, -0.05) is 29.3 Å². The zero-order valence-corrected chi connectivity index (χ0v) is 12.1. The van der Waals surface area contributed by atoms with Gasteiger partial charge in [-0.25, -0.2) is 0 Å². The highest BCUT2D eigenvalue weighted by molar-refractivity contribution is 6.35. The lowest BCUT2D eigenvalue weighted by atomic mass is 9.97. The molecule has 0 aliphatic carbocycles. The Labute approximate surface area is 123 Å². The van der Waals surface area contributed by atoms with Crippen molar-refractivity contribution in [1.82, 2.24) is 4.90 Å². The Bertz CT molecular complexity index is 457. The third-order valence-corrected chi connectivity index (χ3v) is 4.17. The molecule has 1 saturated heterocycles. The standard InChI is InChI=1S/C14H17Cl2NO2/c15-12-2-1-11(13(16)8-12)7-14(19)17-5-3-10(9-18)4-6-17/h1-2,8,10,18H,3-7,9H2. The molecular weight excluding hydrogens is 285 g/mol. The summed E-state index contributed by atoms with van der Waals surface area (Å²) in [7, 11) is 0. The van der Waals surface area contributed by atoms with Crippen LogP contribution < -0.4 is 0 Å². The number of benzene rings is 1. The molecule has 1 N–H and O–H groups in total. The van der Waals surface area contributed by atoms with E-state index in [1.165, 1.54) is 0 Å². The predicted molar refractivity (Wildman–Crippen MR) is 76.6 cm³/mol. The van der Waals surface area contributed by atoms with E-state index in [2.05, 4.69) is 0 Å². The number of carbonyl (C=O) groups excluding carboxylic acids is 1. The van der Waals surface area contributed by atoms with E-state index >= 15 is 0 Å². The molecule has 1 aliphatic heterocycles. The molecule has 5 heteroatoms. The molecule has 0 unspecified atom stereocenters. The highest BCUT2D eigenvalue weighted by Gasteiger charge is 2.22. The van der Waals surface area contributed by atoms with Gasteiger partial charge in [-0.15, -0.1) is 0 Å². The van der Waals surface area contributed by atoms with Gasteiger partial charge in [-0.05, 0) is 36.5 Å². The first-order chi connectivity index (χ1) is 9.10. The first-order valence-corrected chi connectivity index (χ1v) is 7.18. The third kappa shape index (κ3) is 3.85. The van der Waals surface area contributed by atoms with Crippen molar-refractivity contribution >= 4 is 29.1 Å². The number of piperidine rings is 1. The Hall–Kier alpha value is -0.770. The number of likely N-dealkylation sites (tertiary alicyclic amines) is 1. The summed E-state index contributed by atoms with van der Waals surface area (Å²) in [6.07, 6.45) is 2.05. The lowest BCUT2D eigenvalue weighted by molar-refractivity contribution is -0.132. The first-order valence-electron chi connectivity index (χ1n) is 6.42. The molecule has 1 aromatic carbocycles. The molecule has 1 fully saturated rings. The quantitative estimate of drug-likeness (QED) is 0.932. The second-order valence-corrected chi connectivity index (χ2v) is 5.76. The van der Waals surface area contributed by atoms with Crippen LogP contribution in [0.15, 0.2) is 18.2 Å². The van der Waals surface area contributed by atoms with Gasteiger partial charge in [0.2, 0.25) is 5.91 Å². The Balaban J connectivity index is 1.94. The normalized spacial score (nSPS) is 16.7. The average molecular weight is 302 g/mol. The Kier molecular flexibility index (Phi) is 5.08. The summed E-state index contributed by atoms with van der Waals surface area (Å²) >= 11 is 11.9. The number of rotatable bonds is 3. The highest BCUT2D eigenvalue weighted by atomic mass is 35.5. The minimum atomic E-state index is 0.0839. The molecule has 0 aromatic heterocycles. The molecule has 1 aromatic rings. The van der Waals surface area contributed by atoms with Gasteiger partial charge in [-0.3, -0.25) is 4.79 Å². The molecule has 0 saturated carbocycles. The molecule has 19 heavy (non-hydrogen) atoms. The summed E-state index contributed by atoms with van der Waals surface area (Å²) in [4.78, 5) is 14.0. The van der Waals surface area contributed by atoms with Crippen molar-refractivity contribution in [3.8, 4) is 0 Å². The van der Waals surface area contributed by atoms with Crippen LogP contribution in [0.25, 0.3) is 0 Å². The van der Waals surface area contributed by atoms with Crippen molar-refractivity contribution in [3.63, 3.8) is 0 Å². The molecule has 0 bridgehead atoms. The first kappa shape index (κ1) is 14.6. The van der Waals surface area contributed by atoms with Crippen molar-refractivity contribution in [2.45, 2.75) is 19.3 Å². The second-order valence-electron chi connectivity index (χ2n) is 4.92. The van der Waals surface area contributed by atoms with Crippen molar-refractivity contribution in [2.75, 3.05) is 19.7 Å². The Morgan fingerprint density at radius 2 is 2.00 bits per heavy atom. The van der Waals surface area contributed by atoms with Crippen molar-refractivity contribution in [2.24, 2.45) is 5.92 Å². The smallest absolute Gasteiger partial charge is 0.227 e.